The van der Waals surface area contributed by atoms with Gasteiger partial charge in [-0.05, 0) is 32.0 Å². The Morgan fingerprint density at radius 1 is 1.10 bits per heavy atom. The number of Topliss-reactive ketones (excluding diaryl/α,β-unsaturated/α-hetero) is 1. The number of nitrogens with zero attached hydrogens (tertiary/aromatic N) is 2. The van der Waals surface area contributed by atoms with Gasteiger partial charge in [-0.2, -0.15) is 0 Å². The lowest BCUT2D eigenvalue weighted by Gasteiger charge is -2.32. The number of carbonyl (C=O) groups excluding carboxylic acids is 2. The number of rotatable bonds is 6. The SMILES string of the molecule is COc1ccccc1C(=O)COC(=O)c1c2c(nc3ccccc13)CCN(C(C)C)C2. The van der Waals surface area contributed by atoms with E-state index < -0.39 is 5.97 Å². The molecule has 0 N–H and O–H groups in total. The molecule has 0 atom stereocenters. The summed E-state index contributed by atoms with van der Waals surface area (Å²) in [6.07, 6.45) is 0.777. The summed E-state index contributed by atoms with van der Waals surface area (Å²) in [5.74, 6) is -0.339. The molecule has 0 saturated carbocycles. The maximum absolute atomic E-state index is 13.2. The number of hydrogen-bond donors (Lipinski definition) is 0. The fraction of sp³-hybridized carbons (Fsp3) is 0.320. The fourth-order valence-corrected chi connectivity index (χ4v) is 4.04. The number of esters is 1. The van der Waals surface area contributed by atoms with Crippen molar-refractivity contribution in [3.8, 4) is 5.75 Å². The molecule has 2 heterocycles. The average Bonchev–Trinajstić information content (AvgIpc) is 2.80. The quantitative estimate of drug-likeness (QED) is 0.444. The van der Waals surface area contributed by atoms with Gasteiger partial charge in [-0.25, -0.2) is 4.79 Å². The molecule has 6 nitrogen and oxygen atoms in total. The van der Waals surface area contributed by atoms with Crippen molar-refractivity contribution in [2.45, 2.75) is 32.9 Å². The van der Waals surface area contributed by atoms with E-state index in [0.29, 0.717) is 29.5 Å². The highest BCUT2D eigenvalue weighted by atomic mass is 16.5. The van der Waals surface area contributed by atoms with Crippen molar-refractivity contribution in [3.05, 3.63) is 70.9 Å². The smallest absolute Gasteiger partial charge is 0.339 e. The molecule has 0 spiro atoms. The minimum atomic E-state index is -0.497. The van der Waals surface area contributed by atoms with E-state index in [0.717, 1.165) is 35.1 Å². The number of ketones is 1. The second-order valence-electron chi connectivity index (χ2n) is 7.94. The Bertz CT molecular complexity index is 1140. The van der Waals surface area contributed by atoms with E-state index in [-0.39, 0.29) is 12.4 Å². The van der Waals surface area contributed by atoms with Gasteiger partial charge in [0.1, 0.15) is 5.75 Å². The Kier molecular flexibility index (Phi) is 6.00. The van der Waals surface area contributed by atoms with Crippen LogP contribution < -0.4 is 4.74 Å². The van der Waals surface area contributed by atoms with E-state index in [2.05, 4.69) is 18.7 Å². The number of benzene rings is 2. The first kappa shape index (κ1) is 21.0. The van der Waals surface area contributed by atoms with Gasteiger partial charge in [-0.3, -0.25) is 14.7 Å². The van der Waals surface area contributed by atoms with Gasteiger partial charge in [0, 0.05) is 42.2 Å². The Morgan fingerprint density at radius 3 is 2.61 bits per heavy atom. The van der Waals surface area contributed by atoms with Crippen molar-refractivity contribution in [1.29, 1.82) is 0 Å². The van der Waals surface area contributed by atoms with E-state index in [1.807, 2.05) is 24.3 Å². The molecule has 0 aliphatic carbocycles. The van der Waals surface area contributed by atoms with Gasteiger partial charge in [-0.1, -0.05) is 30.3 Å². The standard InChI is InChI=1S/C25H26N2O4/c1-16(2)27-13-12-21-19(14-27)24(17-8-4-6-10-20(17)26-21)25(29)31-15-22(28)18-9-5-7-11-23(18)30-3/h4-11,16H,12-15H2,1-3H3. The van der Waals surface area contributed by atoms with Crippen LogP contribution in [-0.2, 0) is 17.7 Å². The van der Waals surface area contributed by atoms with E-state index in [1.165, 1.54) is 7.11 Å². The van der Waals surface area contributed by atoms with E-state index in [1.54, 1.807) is 24.3 Å². The Morgan fingerprint density at radius 2 is 1.84 bits per heavy atom. The lowest BCUT2D eigenvalue weighted by molar-refractivity contribution is 0.0472. The van der Waals surface area contributed by atoms with Crippen LogP contribution in [0.15, 0.2) is 48.5 Å². The van der Waals surface area contributed by atoms with Gasteiger partial charge in [0.05, 0.1) is 23.8 Å². The predicted molar refractivity (Wildman–Crippen MR) is 119 cm³/mol. The highest BCUT2D eigenvalue weighted by Crippen LogP contribution is 2.29. The number of pyridine rings is 1. The molecule has 2 aromatic carbocycles. The third kappa shape index (κ3) is 4.16. The summed E-state index contributed by atoms with van der Waals surface area (Å²) in [5.41, 5.74) is 3.50. The lowest BCUT2D eigenvalue weighted by Crippen LogP contribution is -2.37. The number of ether oxygens (including phenoxy) is 2. The number of hydrogen-bond acceptors (Lipinski definition) is 6. The zero-order valence-corrected chi connectivity index (χ0v) is 18.1. The Labute approximate surface area is 181 Å². The van der Waals surface area contributed by atoms with E-state index >= 15 is 0 Å². The van der Waals surface area contributed by atoms with Crippen molar-refractivity contribution >= 4 is 22.7 Å². The van der Waals surface area contributed by atoms with Crippen LogP contribution in [0.2, 0.25) is 0 Å². The third-order valence-corrected chi connectivity index (χ3v) is 5.75. The molecule has 0 bridgehead atoms. The molecule has 0 fully saturated rings. The van der Waals surface area contributed by atoms with Crippen molar-refractivity contribution in [1.82, 2.24) is 9.88 Å². The van der Waals surface area contributed by atoms with Crippen LogP contribution in [0.25, 0.3) is 10.9 Å². The summed E-state index contributed by atoms with van der Waals surface area (Å²) in [7, 11) is 1.51. The fourth-order valence-electron chi connectivity index (χ4n) is 4.04. The van der Waals surface area contributed by atoms with Crippen LogP contribution >= 0.6 is 0 Å². The summed E-state index contributed by atoms with van der Waals surface area (Å²) in [6.45, 7) is 5.47. The van der Waals surface area contributed by atoms with Crippen molar-refractivity contribution < 1.29 is 19.1 Å². The number of methoxy groups -OCH3 is 1. The summed E-state index contributed by atoms with van der Waals surface area (Å²) >= 11 is 0. The highest BCUT2D eigenvalue weighted by Gasteiger charge is 2.28. The third-order valence-electron chi connectivity index (χ3n) is 5.75. The molecule has 3 aromatic rings. The summed E-state index contributed by atoms with van der Waals surface area (Å²) in [6, 6.07) is 14.9. The first-order valence-corrected chi connectivity index (χ1v) is 10.5. The first-order valence-electron chi connectivity index (χ1n) is 10.5. The van der Waals surface area contributed by atoms with Crippen LogP contribution in [0.5, 0.6) is 5.75 Å². The minimum absolute atomic E-state index is 0.304. The molecule has 160 valence electrons. The van der Waals surface area contributed by atoms with Gasteiger partial charge in [0.15, 0.2) is 6.61 Å². The molecule has 0 radical (unpaired) electrons. The van der Waals surface area contributed by atoms with Crippen LogP contribution in [0.1, 0.15) is 45.8 Å². The second kappa shape index (κ2) is 8.86. The Balaban J connectivity index is 1.66. The molecule has 1 aromatic heterocycles. The zero-order chi connectivity index (χ0) is 22.0. The molecule has 1 aliphatic rings. The molecule has 31 heavy (non-hydrogen) atoms. The first-order chi connectivity index (χ1) is 15.0. The Hall–Kier alpha value is -3.25. The van der Waals surface area contributed by atoms with E-state index in [4.69, 9.17) is 14.5 Å². The average molecular weight is 418 g/mol. The molecule has 0 amide bonds. The van der Waals surface area contributed by atoms with Crippen molar-refractivity contribution in [3.63, 3.8) is 0 Å². The van der Waals surface area contributed by atoms with Crippen LogP contribution in [-0.4, -0.2) is 47.9 Å². The van der Waals surface area contributed by atoms with Gasteiger partial charge in [0.2, 0.25) is 5.78 Å². The second-order valence-corrected chi connectivity index (χ2v) is 7.94. The van der Waals surface area contributed by atoms with Gasteiger partial charge in [-0.15, -0.1) is 0 Å². The molecule has 1 aliphatic heterocycles. The topological polar surface area (TPSA) is 68.7 Å². The lowest BCUT2D eigenvalue weighted by atomic mass is 9.95. The van der Waals surface area contributed by atoms with Crippen molar-refractivity contribution in [2.75, 3.05) is 20.3 Å². The van der Waals surface area contributed by atoms with Crippen LogP contribution in [0, 0.1) is 0 Å². The number of aromatic nitrogens is 1. The zero-order valence-electron chi connectivity index (χ0n) is 18.1. The van der Waals surface area contributed by atoms with Gasteiger partial charge in [0.25, 0.3) is 0 Å². The molecular formula is C25H26N2O4. The number of carbonyl (C=O) groups is 2. The molecule has 6 heteroatoms. The molecule has 0 unspecified atom stereocenters. The maximum Gasteiger partial charge on any atom is 0.339 e. The molecule has 0 saturated heterocycles. The maximum atomic E-state index is 13.2. The van der Waals surface area contributed by atoms with Crippen LogP contribution in [0.3, 0.4) is 0 Å². The van der Waals surface area contributed by atoms with Gasteiger partial charge < -0.3 is 9.47 Å². The van der Waals surface area contributed by atoms with Crippen molar-refractivity contribution in [2.24, 2.45) is 0 Å². The monoisotopic (exact) mass is 418 g/mol. The number of fused-ring (bicyclic) bond motifs is 2. The summed E-state index contributed by atoms with van der Waals surface area (Å²) < 4.78 is 10.8. The predicted octanol–water partition coefficient (Wildman–Crippen LogP) is 4.05. The largest absolute Gasteiger partial charge is 0.496 e. The normalized spacial score (nSPS) is 13.8. The summed E-state index contributed by atoms with van der Waals surface area (Å²) in [4.78, 5) is 33.0. The van der Waals surface area contributed by atoms with Crippen LogP contribution in [0.4, 0.5) is 0 Å². The number of para-hydroxylation sites is 2. The minimum Gasteiger partial charge on any atom is -0.496 e. The van der Waals surface area contributed by atoms with Gasteiger partial charge >= 0.3 is 5.97 Å². The van der Waals surface area contributed by atoms with E-state index in [9.17, 15) is 9.59 Å². The molecule has 4 rings (SSSR count). The molecular weight excluding hydrogens is 392 g/mol. The highest BCUT2D eigenvalue weighted by molar-refractivity contribution is 6.07. The summed E-state index contributed by atoms with van der Waals surface area (Å²) in [5, 5.41) is 0.751.